The van der Waals surface area contributed by atoms with Crippen molar-refractivity contribution in [2.24, 2.45) is 0 Å². The van der Waals surface area contributed by atoms with Crippen LogP contribution in [0, 0.1) is 13.8 Å². The van der Waals surface area contributed by atoms with Crippen LogP contribution in [0.4, 0.5) is 0 Å². The second-order valence-electron chi connectivity index (χ2n) is 6.42. The normalized spacial score (nSPS) is 10.9. The summed E-state index contributed by atoms with van der Waals surface area (Å²) in [4.78, 5) is 21.6. The van der Waals surface area contributed by atoms with E-state index in [0.29, 0.717) is 12.1 Å². The van der Waals surface area contributed by atoms with Gasteiger partial charge in [-0.3, -0.25) is 9.89 Å². The number of nitrogens with one attached hydrogen (secondary N) is 2. The van der Waals surface area contributed by atoms with E-state index >= 15 is 0 Å². The summed E-state index contributed by atoms with van der Waals surface area (Å²) in [6.45, 7) is 4.23. The van der Waals surface area contributed by atoms with E-state index in [0.717, 1.165) is 39.2 Å². The van der Waals surface area contributed by atoms with E-state index in [9.17, 15) is 4.79 Å². The van der Waals surface area contributed by atoms with E-state index in [2.05, 4.69) is 25.5 Å². The average molecular weight is 357 g/mol. The number of benzene rings is 2. The van der Waals surface area contributed by atoms with E-state index in [-0.39, 0.29) is 5.91 Å². The van der Waals surface area contributed by atoms with Gasteiger partial charge in [0.2, 0.25) is 0 Å². The third-order valence-electron chi connectivity index (χ3n) is 4.56. The minimum absolute atomic E-state index is 0.155. The van der Waals surface area contributed by atoms with Gasteiger partial charge in [-0.05, 0) is 37.6 Å². The standard InChI is InChI=1S/C21H19N5O/c1-13-14(2)25-19-10-16(8-9-18(19)24-13)21(27)22-11-17-12-23-26-20(17)15-6-4-3-5-7-15/h3-10,12H,11H2,1-2H3,(H,22,27)(H,23,26). The first kappa shape index (κ1) is 16.9. The van der Waals surface area contributed by atoms with Gasteiger partial charge in [-0.1, -0.05) is 30.3 Å². The quantitative estimate of drug-likeness (QED) is 0.585. The van der Waals surface area contributed by atoms with Crippen molar-refractivity contribution in [2.75, 3.05) is 0 Å². The van der Waals surface area contributed by atoms with E-state index in [1.165, 1.54) is 0 Å². The van der Waals surface area contributed by atoms with Gasteiger partial charge in [-0.25, -0.2) is 9.97 Å². The van der Waals surface area contributed by atoms with Gasteiger partial charge >= 0.3 is 0 Å². The Hall–Kier alpha value is -3.54. The Bertz CT molecular complexity index is 1120. The number of fused-ring (bicyclic) bond motifs is 1. The molecule has 0 saturated carbocycles. The zero-order chi connectivity index (χ0) is 18.8. The number of amides is 1. The predicted octanol–water partition coefficient (Wildman–Crippen LogP) is 3.57. The molecule has 0 bridgehead atoms. The maximum absolute atomic E-state index is 12.6. The molecule has 6 nitrogen and oxygen atoms in total. The van der Waals surface area contributed by atoms with Crippen LogP contribution in [0.3, 0.4) is 0 Å². The van der Waals surface area contributed by atoms with Gasteiger partial charge < -0.3 is 5.32 Å². The molecular formula is C21H19N5O. The largest absolute Gasteiger partial charge is 0.348 e. The summed E-state index contributed by atoms with van der Waals surface area (Å²) in [5.74, 6) is -0.155. The fourth-order valence-electron chi connectivity index (χ4n) is 2.95. The summed E-state index contributed by atoms with van der Waals surface area (Å²) in [6.07, 6.45) is 1.74. The Morgan fingerprint density at radius 3 is 2.52 bits per heavy atom. The summed E-state index contributed by atoms with van der Waals surface area (Å²) in [5, 5.41) is 10.1. The van der Waals surface area contributed by atoms with Crippen molar-refractivity contribution in [1.82, 2.24) is 25.5 Å². The molecule has 134 valence electrons. The first-order valence-corrected chi connectivity index (χ1v) is 8.72. The van der Waals surface area contributed by atoms with Crippen molar-refractivity contribution in [3.8, 4) is 11.3 Å². The molecule has 6 heteroatoms. The van der Waals surface area contributed by atoms with Crippen LogP contribution in [0.5, 0.6) is 0 Å². The van der Waals surface area contributed by atoms with E-state index < -0.39 is 0 Å². The highest BCUT2D eigenvalue weighted by atomic mass is 16.1. The monoisotopic (exact) mass is 357 g/mol. The lowest BCUT2D eigenvalue weighted by Crippen LogP contribution is -2.22. The van der Waals surface area contributed by atoms with Crippen LogP contribution in [0.2, 0.25) is 0 Å². The molecule has 0 aliphatic carbocycles. The Morgan fingerprint density at radius 1 is 1.00 bits per heavy atom. The predicted molar refractivity (Wildman–Crippen MR) is 104 cm³/mol. The Labute approximate surface area is 156 Å². The van der Waals surface area contributed by atoms with Crippen LogP contribution >= 0.6 is 0 Å². The van der Waals surface area contributed by atoms with Crippen LogP contribution in [0.1, 0.15) is 27.3 Å². The number of aryl methyl sites for hydroxylation is 2. The molecule has 1 amide bonds. The molecule has 0 fully saturated rings. The summed E-state index contributed by atoms with van der Waals surface area (Å²) >= 11 is 0. The lowest BCUT2D eigenvalue weighted by atomic mass is 10.1. The smallest absolute Gasteiger partial charge is 0.251 e. The van der Waals surface area contributed by atoms with Crippen molar-refractivity contribution in [3.05, 3.63) is 77.2 Å². The van der Waals surface area contributed by atoms with Crippen molar-refractivity contribution in [2.45, 2.75) is 20.4 Å². The first-order valence-electron chi connectivity index (χ1n) is 8.72. The first-order chi connectivity index (χ1) is 13.1. The Kier molecular flexibility index (Phi) is 4.38. The number of aromatic amines is 1. The molecule has 0 spiro atoms. The molecule has 2 aromatic carbocycles. The number of carbonyl (C=O) groups excluding carboxylic acids is 1. The lowest BCUT2D eigenvalue weighted by molar-refractivity contribution is 0.0951. The highest BCUT2D eigenvalue weighted by molar-refractivity contribution is 5.97. The van der Waals surface area contributed by atoms with Gasteiger partial charge in [0, 0.05) is 17.7 Å². The molecular weight excluding hydrogens is 338 g/mol. The minimum Gasteiger partial charge on any atom is -0.348 e. The lowest BCUT2D eigenvalue weighted by Gasteiger charge is -2.08. The molecule has 2 N–H and O–H groups in total. The molecule has 0 saturated heterocycles. The highest BCUT2D eigenvalue weighted by Gasteiger charge is 2.12. The molecule has 0 unspecified atom stereocenters. The fourth-order valence-corrected chi connectivity index (χ4v) is 2.95. The summed E-state index contributed by atoms with van der Waals surface area (Å²) in [6, 6.07) is 15.3. The van der Waals surface area contributed by atoms with Gasteiger partial charge in [0.05, 0.1) is 34.3 Å². The molecule has 2 aromatic heterocycles. The second kappa shape index (κ2) is 6.99. The number of carbonyl (C=O) groups is 1. The van der Waals surface area contributed by atoms with Gasteiger partial charge in [0.25, 0.3) is 5.91 Å². The minimum atomic E-state index is -0.155. The molecule has 2 heterocycles. The van der Waals surface area contributed by atoms with Gasteiger partial charge in [0.15, 0.2) is 0 Å². The molecule has 0 aliphatic heterocycles. The van der Waals surface area contributed by atoms with Crippen LogP contribution in [0.25, 0.3) is 22.3 Å². The average Bonchev–Trinajstić information content (AvgIpc) is 3.16. The fraction of sp³-hybridized carbons (Fsp3) is 0.143. The molecule has 0 radical (unpaired) electrons. The third-order valence-corrected chi connectivity index (χ3v) is 4.56. The molecule has 4 aromatic rings. The van der Waals surface area contributed by atoms with Crippen LogP contribution in [-0.4, -0.2) is 26.1 Å². The van der Waals surface area contributed by atoms with Gasteiger partial charge in [0.1, 0.15) is 0 Å². The maximum atomic E-state index is 12.6. The topological polar surface area (TPSA) is 83.6 Å². The maximum Gasteiger partial charge on any atom is 0.251 e. The summed E-state index contributed by atoms with van der Waals surface area (Å²) < 4.78 is 0. The number of aromatic nitrogens is 4. The van der Waals surface area contributed by atoms with Crippen LogP contribution in [0.15, 0.2) is 54.7 Å². The Morgan fingerprint density at radius 2 is 1.74 bits per heavy atom. The van der Waals surface area contributed by atoms with Crippen molar-refractivity contribution in [3.63, 3.8) is 0 Å². The zero-order valence-corrected chi connectivity index (χ0v) is 15.2. The SMILES string of the molecule is Cc1nc2ccc(C(=O)NCc3cn[nH]c3-c3ccccc3)cc2nc1C. The van der Waals surface area contributed by atoms with Crippen molar-refractivity contribution in [1.29, 1.82) is 0 Å². The summed E-state index contributed by atoms with van der Waals surface area (Å²) in [5.41, 5.74) is 6.71. The number of H-pyrrole nitrogens is 1. The van der Waals surface area contributed by atoms with Crippen molar-refractivity contribution >= 4 is 16.9 Å². The number of hydrogen-bond donors (Lipinski definition) is 2. The number of hydrogen-bond acceptors (Lipinski definition) is 4. The van der Waals surface area contributed by atoms with Crippen molar-refractivity contribution < 1.29 is 4.79 Å². The zero-order valence-electron chi connectivity index (χ0n) is 15.2. The van der Waals surface area contributed by atoms with E-state index in [1.807, 2.05) is 50.2 Å². The summed E-state index contributed by atoms with van der Waals surface area (Å²) in [7, 11) is 0. The van der Waals surface area contributed by atoms with E-state index in [4.69, 9.17) is 0 Å². The number of rotatable bonds is 4. The highest BCUT2D eigenvalue weighted by Crippen LogP contribution is 2.20. The molecule has 27 heavy (non-hydrogen) atoms. The molecule has 4 rings (SSSR count). The van der Waals surface area contributed by atoms with Gasteiger partial charge in [-0.2, -0.15) is 5.10 Å². The third kappa shape index (κ3) is 3.42. The Balaban J connectivity index is 1.53. The molecule has 0 aliphatic rings. The second-order valence-corrected chi connectivity index (χ2v) is 6.42. The van der Waals surface area contributed by atoms with E-state index in [1.54, 1.807) is 18.3 Å². The molecule has 0 atom stereocenters. The number of nitrogens with zero attached hydrogens (tertiary/aromatic N) is 3. The van der Waals surface area contributed by atoms with Crippen LogP contribution in [-0.2, 0) is 6.54 Å². The van der Waals surface area contributed by atoms with Gasteiger partial charge in [-0.15, -0.1) is 0 Å². The van der Waals surface area contributed by atoms with Crippen LogP contribution < -0.4 is 5.32 Å².